The highest BCUT2D eigenvalue weighted by Gasteiger charge is 1.91. The molecule has 0 fully saturated rings. The van der Waals surface area contributed by atoms with Crippen LogP contribution in [0.1, 0.15) is 13.8 Å². The molecule has 0 bridgehead atoms. The van der Waals surface area contributed by atoms with Crippen LogP contribution in [0.15, 0.2) is 5.10 Å². The van der Waals surface area contributed by atoms with Crippen molar-refractivity contribution in [2.24, 2.45) is 5.10 Å². The largest absolute Gasteiger partial charge is 0.304 e. The Bertz CT molecular complexity index is 135. The summed E-state index contributed by atoms with van der Waals surface area (Å²) in [6.07, 6.45) is 0. The third-order valence-electron chi connectivity index (χ3n) is 0.893. The molecule has 1 N–H and O–H groups in total. The van der Waals surface area contributed by atoms with Gasteiger partial charge in [-0.3, -0.25) is 0 Å². The van der Waals surface area contributed by atoms with E-state index in [0.29, 0.717) is 5.71 Å². The molecule has 52 valence electrons. The molecule has 0 aliphatic carbocycles. The minimum atomic E-state index is 0.517. The van der Waals surface area contributed by atoms with Crippen LogP contribution < -0.4 is 0 Å². The number of hydrogen-bond acceptors (Lipinski definition) is 3. The Morgan fingerprint density at radius 3 is 1.89 bits per heavy atom. The summed E-state index contributed by atoms with van der Waals surface area (Å²) in [6, 6.07) is 0. The SMILES string of the molecule is CC(=N)/C(C)=N\N(C)C. The lowest BCUT2D eigenvalue weighted by Crippen LogP contribution is -2.11. The van der Waals surface area contributed by atoms with E-state index in [4.69, 9.17) is 5.41 Å². The minimum Gasteiger partial charge on any atom is -0.304 e. The van der Waals surface area contributed by atoms with E-state index in [0.717, 1.165) is 5.71 Å². The Labute approximate surface area is 55.9 Å². The summed E-state index contributed by atoms with van der Waals surface area (Å²) >= 11 is 0. The summed E-state index contributed by atoms with van der Waals surface area (Å²) in [6.45, 7) is 3.55. The van der Waals surface area contributed by atoms with Crippen molar-refractivity contribution in [3.05, 3.63) is 0 Å². The first-order chi connectivity index (χ1) is 4.04. The molecule has 0 aromatic heterocycles. The van der Waals surface area contributed by atoms with E-state index in [1.807, 2.05) is 21.0 Å². The average molecular weight is 127 g/mol. The summed E-state index contributed by atoms with van der Waals surface area (Å²) in [5, 5.41) is 12.8. The van der Waals surface area contributed by atoms with E-state index in [1.165, 1.54) is 0 Å². The Morgan fingerprint density at radius 2 is 1.78 bits per heavy atom. The highest BCUT2D eigenvalue weighted by Crippen LogP contribution is 1.82. The molecule has 0 aliphatic heterocycles. The van der Waals surface area contributed by atoms with Crippen LogP contribution >= 0.6 is 0 Å². The normalized spacial score (nSPS) is 11.3. The van der Waals surface area contributed by atoms with Gasteiger partial charge < -0.3 is 10.4 Å². The third-order valence-corrected chi connectivity index (χ3v) is 0.893. The molecule has 0 rings (SSSR count). The molecular weight excluding hydrogens is 114 g/mol. The van der Waals surface area contributed by atoms with Gasteiger partial charge in [0.1, 0.15) is 0 Å². The maximum absolute atomic E-state index is 7.14. The van der Waals surface area contributed by atoms with Crippen molar-refractivity contribution in [3.8, 4) is 0 Å². The van der Waals surface area contributed by atoms with Crippen molar-refractivity contribution in [1.82, 2.24) is 5.01 Å². The topological polar surface area (TPSA) is 39.5 Å². The second kappa shape index (κ2) is 3.22. The summed E-state index contributed by atoms with van der Waals surface area (Å²) in [5.41, 5.74) is 1.28. The van der Waals surface area contributed by atoms with Gasteiger partial charge in [-0.25, -0.2) is 0 Å². The summed E-state index contributed by atoms with van der Waals surface area (Å²) < 4.78 is 0. The highest BCUT2D eigenvalue weighted by molar-refractivity contribution is 6.39. The first-order valence-corrected chi connectivity index (χ1v) is 2.82. The molecule has 9 heavy (non-hydrogen) atoms. The molecule has 0 amide bonds. The quantitative estimate of drug-likeness (QED) is 0.435. The summed E-state index contributed by atoms with van der Waals surface area (Å²) in [4.78, 5) is 0. The van der Waals surface area contributed by atoms with Gasteiger partial charge in [0, 0.05) is 14.1 Å². The van der Waals surface area contributed by atoms with Gasteiger partial charge in [0.2, 0.25) is 0 Å². The van der Waals surface area contributed by atoms with Gasteiger partial charge in [-0.1, -0.05) is 0 Å². The number of nitrogens with one attached hydrogen (secondary N) is 1. The van der Waals surface area contributed by atoms with Crippen LogP contribution in [-0.4, -0.2) is 30.5 Å². The fourth-order valence-electron chi connectivity index (χ4n) is 0.375. The van der Waals surface area contributed by atoms with Crippen LogP contribution in [0.5, 0.6) is 0 Å². The average Bonchev–Trinajstić information content (AvgIpc) is 1.63. The van der Waals surface area contributed by atoms with Gasteiger partial charge in [0.05, 0.1) is 11.4 Å². The van der Waals surface area contributed by atoms with Crippen molar-refractivity contribution in [3.63, 3.8) is 0 Å². The van der Waals surface area contributed by atoms with Crippen molar-refractivity contribution >= 4 is 11.4 Å². The van der Waals surface area contributed by atoms with Crippen molar-refractivity contribution in [2.45, 2.75) is 13.8 Å². The summed E-state index contributed by atoms with van der Waals surface area (Å²) in [5.74, 6) is 0. The molecular formula is C6H13N3. The van der Waals surface area contributed by atoms with E-state index in [1.54, 1.807) is 11.9 Å². The van der Waals surface area contributed by atoms with Gasteiger partial charge in [-0.2, -0.15) is 5.10 Å². The Morgan fingerprint density at radius 1 is 1.33 bits per heavy atom. The zero-order chi connectivity index (χ0) is 7.44. The van der Waals surface area contributed by atoms with Gasteiger partial charge in [-0.05, 0) is 13.8 Å². The fraction of sp³-hybridized carbons (Fsp3) is 0.667. The lowest BCUT2D eigenvalue weighted by atomic mass is 10.3. The molecule has 0 radical (unpaired) electrons. The fourth-order valence-corrected chi connectivity index (χ4v) is 0.375. The van der Waals surface area contributed by atoms with Crippen LogP contribution in [0, 0.1) is 5.41 Å². The number of nitrogens with zero attached hydrogens (tertiary/aromatic N) is 2. The van der Waals surface area contributed by atoms with E-state index in [2.05, 4.69) is 5.10 Å². The Balaban J connectivity index is 4.00. The molecule has 0 aromatic carbocycles. The third kappa shape index (κ3) is 3.70. The second-order valence-corrected chi connectivity index (χ2v) is 2.16. The second-order valence-electron chi connectivity index (χ2n) is 2.16. The molecule has 0 heterocycles. The van der Waals surface area contributed by atoms with Crippen LogP contribution in [-0.2, 0) is 0 Å². The Hall–Kier alpha value is -0.860. The molecule has 0 spiro atoms. The maximum Gasteiger partial charge on any atom is 0.0778 e. The van der Waals surface area contributed by atoms with Crippen LogP contribution in [0.2, 0.25) is 0 Å². The van der Waals surface area contributed by atoms with E-state index in [-0.39, 0.29) is 0 Å². The lowest BCUT2D eigenvalue weighted by molar-refractivity contribution is 0.438. The monoisotopic (exact) mass is 127 g/mol. The van der Waals surface area contributed by atoms with E-state index < -0.39 is 0 Å². The Kier molecular flexibility index (Phi) is 2.91. The molecule has 3 heteroatoms. The number of hydrazone groups is 1. The van der Waals surface area contributed by atoms with Gasteiger partial charge in [0.25, 0.3) is 0 Å². The number of hydrogen-bond donors (Lipinski definition) is 1. The van der Waals surface area contributed by atoms with Crippen LogP contribution in [0.4, 0.5) is 0 Å². The first-order valence-electron chi connectivity index (χ1n) is 2.82. The maximum atomic E-state index is 7.14. The molecule has 0 saturated carbocycles. The zero-order valence-electron chi connectivity index (χ0n) is 6.39. The van der Waals surface area contributed by atoms with E-state index >= 15 is 0 Å². The predicted octanol–water partition coefficient (Wildman–Crippen LogP) is 0.964. The molecule has 0 aliphatic rings. The standard InChI is InChI=1S/C6H13N3/c1-5(7)6(2)8-9(3)4/h7H,1-4H3/b7-5?,8-6-. The molecule has 0 atom stereocenters. The van der Waals surface area contributed by atoms with E-state index in [9.17, 15) is 0 Å². The molecule has 3 nitrogen and oxygen atoms in total. The zero-order valence-corrected chi connectivity index (χ0v) is 6.39. The van der Waals surface area contributed by atoms with Gasteiger partial charge in [0.15, 0.2) is 0 Å². The highest BCUT2D eigenvalue weighted by atomic mass is 15.4. The molecule has 0 aromatic rings. The first kappa shape index (κ1) is 8.14. The molecule has 0 saturated heterocycles. The molecule has 0 unspecified atom stereocenters. The summed E-state index contributed by atoms with van der Waals surface area (Å²) in [7, 11) is 3.68. The smallest absolute Gasteiger partial charge is 0.0778 e. The van der Waals surface area contributed by atoms with Crippen molar-refractivity contribution in [1.29, 1.82) is 5.41 Å². The minimum absolute atomic E-state index is 0.517. The van der Waals surface area contributed by atoms with Crippen LogP contribution in [0.25, 0.3) is 0 Å². The van der Waals surface area contributed by atoms with Gasteiger partial charge in [-0.15, -0.1) is 0 Å². The van der Waals surface area contributed by atoms with Crippen molar-refractivity contribution in [2.75, 3.05) is 14.1 Å². The number of rotatable bonds is 2. The van der Waals surface area contributed by atoms with Crippen LogP contribution in [0.3, 0.4) is 0 Å². The van der Waals surface area contributed by atoms with Crippen molar-refractivity contribution < 1.29 is 0 Å². The lowest BCUT2D eigenvalue weighted by Gasteiger charge is -2.04. The predicted molar refractivity (Wildman–Crippen MR) is 40.2 cm³/mol. The van der Waals surface area contributed by atoms with Gasteiger partial charge >= 0.3 is 0 Å².